The van der Waals surface area contributed by atoms with Crippen LogP contribution in [0.25, 0.3) is 0 Å². The molecule has 2 aliphatic rings. The number of likely N-dealkylation sites (N-methyl/N-ethyl adjacent to an activating group) is 1. The second-order valence-electron chi connectivity index (χ2n) is 8.49. The molecule has 0 unspecified atom stereocenters. The highest BCUT2D eigenvalue weighted by molar-refractivity contribution is 7.90. The van der Waals surface area contributed by atoms with Crippen molar-refractivity contribution >= 4 is 21.7 Å². The van der Waals surface area contributed by atoms with Crippen LogP contribution in [-0.2, 0) is 42.1 Å². The maximum absolute atomic E-state index is 12.7. The molecule has 2 aromatic rings. The van der Waals surface area contributed by atoms with E-state index in [0.717, 1.165) is 62.7 Å². The van der Waals surface area contributed by atoms with Crippen molar-refractivity contribution in [2.45, 2.75) is 49.8 Å². The van der Waals surface area contributed by atoms with E-state index in [1.54, 1.807) is 24.3 Å². The SMILES string of the molecule is CN(C)CCc1ccc(S(=O)(=O)NC(=O)Nc2c3c(cc4c2CCC4)CCC3)cc1. The number of aryl methyl sites for hydroxylation is 2. The zero-order valence-corrected chi connectivity index (χ0v) is 18.4. The zero-order valence-electron chi connectivity index (χ0n) is 17.6. The highest BCUT2D eigenvalue weighted by Gasteiger charge is 2.26. The van der Waals surface area contributed by atoms with Gasteiger partial charge >= 0.3 is 6.03 Å². The molecule has 2 aliphatic carbocycles. The topological polar surface area (TPSA) is 78.5 Å². The third kappa shape index (κ3) is 4.37. The Bertz CT molecular complexity index is 1030. The average molecular weight is 428 g/mol. The van der Waals surface area contributed by atoms with Crippen LogP contribution in [-0.4, -0.2) is 40.0 Å². The lowest BCUT2D eigenvalue weighted by Gasteiger charge is -2.16. The average Bonchev–Trinajstić information content (AvgIpc) is 3.35. The van der Waals surface area contributed by atoms with Gasteiger partial charge in [-0.15, -0.1) is 0 Å². The molecule has 2 amide bonds. The van der Waals surface area contributed by atoms with Crippen LogP contribution < -0.4 is 10.0 Å². The lowest BCUT2D eigenvalue weighted by Crippen LogP contribution is -2.35. The number of hydrogen-bond acceptors (Lipinski definition) is 4. The fourth-order valence-electron chi connectivity index (χ4n) is 4.48. The van der Waals surface area contributed by atoms with Gasteiger partial charge in [0.05, 0.1) is 4.90 Å². The number of carbonyl (C=O) groups is 1. The third-order valence-corrected chi connectivity index (χ3v) is 7.37. The zero-order chi connectivity index (χ0) is 21.3. The summed E-state index contributed by atoms with van der Waals surface area (Å²) < 4.78 is 27.6. The summed E-state index contributed by atoms with van der Waals surface area (Å²) in [6.07, 6.45) is 6.90. The number of carbonyl (C=O) groups excluding carboxylic acids is 1. The molecule has 6 nitrogen and oxygen atoms in total. The molecule has 0 fully saturated rings. The Kier molecular flexibility index (Phi) is 5.84. The minimum atomic E-state index is -3.93. The smallest absolute Gasteiger partial charge is 0.309 e. The van der Waals surface area contributed by atoms with Crippen molar-refractivity contribution in [3.05, 3.63) is 58.1 Å². The number of benzene rings is 2. The van der Waals surface area contributed by atoms with Gasteiger partial charge in [0.2, 0.25) is 0 Å². The number of sulfonamides is 1. The normalized spacial score (nSPS) is 15.2. The van der Waals surface area contributed by atoms with Gasteiger partial charge < -0.3 is 10.2 Å². The van der Waals surface area contributed by atoms with E-state index in [1.807, 2.05) is 14.1 Å². The van der Waals surface area contributed by atoms with Gasteiger partial charge in [-0.1, -0.05) is 18.2 Å². The van der Waals surface area contributed by atoms with E-state index in [4.69, 9.17) is 0 Å². The number of anilines is 1. The molecule has 160 valence electrons. The van der Waals surface area contributed by atoms with E-state index in [1.165, 1.54) is 22.3 Å². The van der Waals surface area contributed by atoms with Crippen molar-refractivity contribution in [2.75, 3.05) is 26.0 Å². The molecule has 0 saturated heterocycles. The molecule has 0 aliphatic heterocycles. The van der Waals surface area contributed by atoms with Crippen LogP contribution in [0.15, 0.2) is 35.2 Å². The summed E-state index contributed by atoms with van der Waals surface area (Å²) in [5.74, 6) is 0. The highest BCUT2D eigenvalue weighted by Crippen LogP contribution is 2.38. The van der Waals surface area contributed by atoms with Crippen LogP contribution in [0.3, 0.4) is 0 Å². The Balaban J connectivity index is 1.48. The van der Waals surface area contributed by atoms with Crippen LogP contribution >= 0.6 is 0 Å². The van der Waals surface area contributed by atoms with E-state index in [-0.39, 0.29) is 4.90 Å². The molecule has 0 bridgehead atoms. The van der Waals surface area contributed by atoms with E-state index < -0.39 is 16.1 Å². The Labute approximate surface area is 178 Å². The van der Waals surface area contributed by atoms with E-state index in [2.05, 4.69) is 21.0 Å². The van der Waals surface area contributed by atoms with Gasteiger partial charge in [0.1, 0.15) is 0 Å². The van der Waals surface area contributed by atoms with Crippen molar-refractivity contribution in [3.8, 4) is 0 Å². The molecule has 0 saturated carbocycles. The largest absolute Gasteiger partial charge is 0.333 e. The van der Waals surface area contributed by atoms with E-state index in [9.17, 15) is 13.2 Å². The minimum absolute atomic E-state index is 0.0924. The Morgan fingerprint density at radius 1 is 0.967 bits per heavy atom. The number of hydrogen-bond donors (Lipinski definition) is 2. The summed E-state index contributed by atoms with van der Waals surface area (Å²) in [4.78, 5) is 14.8. The predicted octanol–water partition coefficient (Wildman–Crippen LogP) is 3.28. The Hall–Kier alpha value is -2.38. The van der Waals surface area contributed by atoms with Crippen molar-refractivity contribution in [1.29, 1.82) is 0 Å². The van der Waals surface area contributed by atoms with Crippen LogP contribution in [0.2, 0.25) is 0 Å². The van der Waals surface area contributed by atoms with Gasteiger partial charge in [-0.25, -0.2) is 17.9 Å². The second kappa shape index (κ2) is 8.40. The molecule has 30 heavy (non-hydrogen) atoms. The lowest BCUT2D eigenvalue weighted by atomic mass is 9.99. The maximum Gasteiger partial charge on any atom is 0.333 e. The van der Waals surface area contributed by atoms with Gasteiger partial charge in [0.25, 0.3) is 10.0 Å². The quantitative estimate of drug-likeness (QED) is 0.742. The first kappa shape index (κ1) is 20.9. The molecule has 2 aromatic carbocycles. The van der Waals surface area contributed by atoms with Crippen LogP contribution in [0.1, 0.15) is 40.7 Å². The summed E-state index contributed by atoms with van der Waals surface area (Å²) in [6, 6.07) is 8.29. The number of rotatable bonds is 6. The molecule has 4 rings (SSSR count). The van der Waals surface area contributed by atoms with Crippen LogP contribution in [0.4, 0.5) is 10.5 Å². The van der Waals surface area contributed by atoms with Crippen molar-refractivity contribution in [1.82, 2.24) is 9.62 Å². The van der Waals surface area contributed by atoms with Crippen molar-refractivity contribution in [2.24, 2.45) is 0 Å². The first-order chi connectivity index (χ1) is 14.3. The molecule has 2 N–H and O–H groups in total. The minimum Gasteiger partial charge on any atom is -0.309 e. The van der Waals surface area contributed by atoms with Gasteiger partial charge in [0.15, 0.2) is 0 Å². The summed E-state index contributed by atoms with van der Waals surface area (Å²) in [5.41, 5.74) is 6.83. The second-order valence-corrected chi connectivity index (χ2v) is 10.2. The third-order valence-electron chi connectivity index (χ3n) is 6.02. The Morgan fingerprint density at radius 3 is 2.13 bits per heavy atom. The number of urea groups is 1. The molecular formula is C23H29N3O3S. The number of nitrogens with zero attached hydrogens (tertiary/aromatic N) is 1. The summed E-state index contributed by atoms with van der Waals surface area (Å²) >= 11 is 0. The Morgan fingerprint density at radius 2 is 1.57 bits per heavy atom. The lowest BCUT2D eigenvalue weighted by molar-refractivity contribution is 0.256. The fraction of sp³-hybridized carbons (Fsp3) is 0.435. The molecule has 0 heterocycles. The van der Waals surface area contributed by atoms with Gasteiger partial charge in [-0.3, -0.25) is 0 Å². The number of amides is 2. The van der Waals surface area contributed by atoms with Crippen LogP contribution in [0, 0.1) is 0 Å². The first-order valence-corrected chi connectivity index (χ1v) is 12.1. The van der Waals surface area contributed by atoms with Crippen molar-refractivity contribution in [3.63, 3.8) is 0 Å². The molecule has 0 spiro atoms. The number of nitrogens with one attached hydrogen (secondary N) is 2. The number of fused-ring (bicyclic) bond motifs is 2. The van der Waals surface area contributed by atoms with E-state index >= 15 is 0 Å². The predicted molar refractivity (Wildman–Crippen MR) is 119 cm³/mol. The molecule has 0 atom stereocenters. The van der Waals surface area contributed by atoms with Gasteiger partial charge in [-0.2, -0.15) is 0 Å². The summed E-state index contributed by atoms with van der Waals surface area (Å²) in [5, 5.41) is 2.88. The van der Waals surface area contributed by atoms with Gasteiger partial charge in [0, 0.05) is 12.2 Å². The van der Waals surface area contributed by atoms with Gasteiger partial charge in [-0.05, 0) is 99.0 Å². The molecule has 0 aromatic heterocycles. The first-order valence-electron chi connectivity index (χ1n) is 10.6. The molecule has 7 heteroatoms. The molecular weight excluding hydrogens is 398 g/mol. The standard InChI is InChI=1S/C23H29N3O3S/c1-26(2)14-13-16-9-11-19(12-10-16)30(28,29)25-23(27)24-22-20-7-3-5-17(20)15-18-6-4-8-21(18)22/h9-12,15H,3-8,13-14H2,1-2H3,(H2,24,25,27). The maximum atomic E-state index is 12.7. The monoisotopic (exact) mass is 427 g/mol. The van der Waals surface area contributed by atoms with Crippen molar-refractivity contribution < 1.29 is 13.2 Å². The summed E-state index contributed by atoms with van der Waals surface area (Å²) in [6.45, 7) is 0.887. The molecule has 0 radical (unpaired) electrons. The fourth-order valence-corrected chi connectivity index (χ4v) is 5.38. The summed E-state index contributed by atoms with van der Waals surface area (Å²) in [7, 11) is 0.0695. The van der Waals surface area contributed by atoms with E-state index in [0.29, 0.717) is 0 Å². The van der Waals surface area contributed by atoms with Crippen LogP contribution in [0.5, 0.6) is 0 Å². The highest BCUT2D eigenvalue weighted by atomic mass is 32.2.